The van der Waals surface area contributed by atoms with Crippen LogP contribution in [0.3, 0.4) is 0 Å². The molecule has 0 saturated carbocycles. The van der Waals surface area contributed by atoms with Gasteiger partial charge in [0.15, 0.2) is 0 Å². The highest BCUT2D eigenvalue weighted by Crippen LogP contribution is 2.26. The zero-order valence-electron chi connectivity index (χ0n) is 11.4. The number of aryl methyl sites for hydroxylation is 2. The lowest BCUT2D eigenvalue weighted by atomic mass is 10.0. The van der Waals surface area contributed by atoms with Gasteiger partial charge >= 0.3 is 0 Å². The molecule has 0 aliphatic heterocycles. The zero-order chi connectivity index (χ0) is 13.9. The summed E-state index contributed by atoms with van der Waals surface area (Å²) in [5.74, 6) is 5.75. The third kappa shape index (κ3) is 2.47. The molecule has 4 nitrogen and oxygen atoms in total. The predicted octanol–water partition coefficient (Wildman–Crippen LogP) is 2.77. The second kappa shape index (κ2) is 5.75. The van der Waals surface area contributed by atoms with Crippen LogP contribution in [0.5, 0.6) is 0 Å². The van der Waals surface area contributed by atoms with Crippen LogP contribution >= 0.6 is 11.3 Å². The maximum atomic E-state index is 5.75. The van der Waals surface area contributed by atoms with E-state index in [0.29, 0.717) is 0 Å². The minimum absolute atomic E-state index is 0.0704. The normalized spacial score (nSPS) is 12.9. The van der Waals surface area contributed by atoms with Crippen molar-refractivity contribution in [3.8, 4) is 0 Å². The van der Waals surface area contributed by atoms with E-state index in [2.05, 4.69) is 39.5 Å². The van der Waals surface area contributed by atoms with E-state index >= 15 is 0 Å². The van der Waals surface area contributed by atoms with Crippen LogP contribution in [0.25, 0.3) is 10.9 Å². The largest absolute Gasteiger partial charge is 0.271 e. The van der Waals surface area contributed by atoms with Crippen LogP contribution in [0, 0.1) is 0 Å². The first-order chi connectivity index (χ1) is 9.79. The Morgan fingerprint density at radius 2 is 2.20 bits per heavy atom. The van der Waals surface area contributed by atoms with Crippen molar-refractivity contribution in [2.45, 2.75) is 18.9 Å². The van der Waals surface area contributed by atoms with Crippen LogP contribution < -0.4 is 11.3 Å². The van der Waals surface area contributed by atoms with Crippen LogP contribution in [-0.4, -0.2) is 9.78 Å². The van der Waals surface area contributed by atoms with Gasteiger partial charge in [0, 0.05) is 12.4 Å². The molecule has 1 unspecified atom stereocenters. The highest BCUT2D eigenvalue weighted by molar-refractivity contribution is 7.07. The summed E-state index contributed by atoms with van der Waals surface area (Å²) in [5.41, 5.74) is 6.44. The average Bonchev–Trinajstić information content (AvgIpc) is 3.09. The van der Waals surface area contributed by atoms with Crippen molar-refractivity contribution >= 4 is 22.2 Å². The van der Waals surface area contributed by atoms with E-state index < -0.39 is 0 Å². The van der Waals surface area contributed by atoms with E-state index in [1.54, 1.807) is 11.3 Å². The third-order valence-electron chi connectivity index (χ3n) is 3.62. The summed E-state index contributed by atoms with van der Waals surface area (Å²) in [6.07, 6.45) is 1.94. The molecule has 3 aromatic rings. The Balaban J connectivity index is 1.87. The van der Waals surface area contributed by atoms with Gasteiger partial charge in [-0.05, 0) is 41.3 Å². The van der Waals surface area contributed by atoms with Gasteiger partial charge in [0.05, 0.1) is 17.3 Å². The van der Waals surface area contributed by atoms with E-state index in [-0.39, 0.29) is 6.04 Å². The number of nitrogens with one attached hydrogen (secondary N) is 1. The van der Waals surface area contributed by atoms with Crippen molar-refractivity contribution in [2.24, 2.45) is 12.9 Å². The molecule has 0 bridgehead atoms. The second-order valence-corrected chi connectivity index (χ2v) is 5.70. The lowest BCUT2D eigenvalue weighted by Gasteiger charge is -2.13. The van der Waals surface area contributed by atoms with Crippen LogP contribution in [0.15, 0.2) is 41.1 Å². The summed E-state index contributed by atoms with van der Waals surface area (Å²) < 4.78 is 1.92. The molecule has 0 aliphatic rings. The Kier molecular flexibility index (Phi) is 3.82. The van der Waals surface area contributed by atoms with Crippen LogP contribution in [0.2, 0.25) is 0 Å². The Bertz CT molecular complexity index is 687. The summed E-state index contributed by atoms with van der Waals surface area (Å²) in [6, 6.07) is 10.5. The Morgan fingerprint density at radius 1 is 1.35 bits per heavy atom. The molecule has 20 heavy (non-hydrogen) atoms. The fourth-order valence-electron chi connectivity index (χ4n) is 2.54. The molecule has 3 N–H and O–H groups in total. The molecule has 0 radical (unpaired) electrons. The number of rotatable bonds is 5. The maximum Gasteiger partial charge on any atom is 0.0886 e. The zero-order valence-corrected chi connectivity index (χ0v) is 12.2. The molecule has 1 aromatic carbocycles. The number of para-hydroxylation sites is 1. The Labute approximate surface area is 122 Å². The monoisotopic (exact) mass is 286 g/mol. The van der Waals surface area contributed by atoms with Crippen LogP contribution in [0.1, 0.15) is 23.7 Å². The summed E-state index contributed by atoms with van der Waals surface area (Å²) in [7, 11) is 1.97. The van der Waals surface area contributed by atoms with E-state index in [9.17, 15) is 0 Å². The topological polar surface area (TPSA) is 55.9 Å². The molecule has 2 aromatic heterocycles. The van der Waals surface area contributed by atoms with E-state index in [4.69, 9.17) is 5.84 Å². The van der Waals surface area contributed by atoms with Gasteiger partial charge in [-0.3, -0.25) is 16.0 Å². The van der Waals surface area contributed by atoms with Crippen LogP contribution in [0.4, 0.5) is 0 Å². The minimum atomic E-state index is 0.0704. The Hall–Kier alpha value is -1.69. The predicted molar refractivity (Wildman–Crippen MR) is 83.4 cm³/mol. The van der Waals surface area contributed by atoms with Crippen molar-refractivity contribution < 1.29 is 0 Å². The fourth-order valence-corrected chi connectivity index (χ4v) is 3.25. The molecule has 5 heteroatoms. The van der Waals surface area contributed by atoms with E-state index in [0.717, 1.165) is 24.1 Å². The van der Waals surface area contributed by atoms with Gasteiger partial charge < -0.3 is 0 Å². The quantitative estimate of drug-likeness (QED) is 0.560. The van der Waals surface area contributed by atoms with Crippen molar-refractivity contribution in [1.82, 2.24) is 15.2 Å². The summed E-state index contributed by atoms with van der Waals surface area (Å²) in [6.45, 7) is 0. The number of hydrazine groups is 1. The Morgan fingerprint density at radius 3 is 2.95 bits per heavy atom. The maximum absolute atomic E-state index is 5.75. The van der Waals surface area contributed by atoms with Crippen molar-refractivity contribution in [2.75, 3.05) is 0 Å². The number of hydrogen-bond acceptors (Lipinski definition) is 4. The molecule has 2 heterocycles. The van der Waals surface area contributed by atoms with Gasteiger partial charge in [0.1, 0.15) is 0 Å². The summed E-state index contributed by atoms with van der Waals surface area (Å²) in [5, 5.41) is 10.1. The first-order valence-corrected chi connectivity index (χ1v) is 7.62. The molecular weight excluding hydrogens is 268 g/mol. The van der Waals surface area contributed by atoms with Gasteiger partial charge in [0.25, 0.3) is 0 Å². The standard InChI is InChI=1S/C15H18N4S/c1-19-14-5-3-2-4-12(14)15(18-19)13(17-16)7-6-11-8-9-20-10-11/h2-5,8-10,13,17H,6-7,16H2,1H3. The number of aromatic nitrogens is 2. The highest BCUT2D eigenvalue weighted by atomic mass is 32.1. The minimum Gasteiger partial charge on any atom is -0.271 e. The number of nitrogens with two attached hydrogens (primary N) is 1. The highest BCUT2D eigenvalue weighted by Gasteiger charge is 2.17. The van der Waals surface area contributed by atoms with Gasteiger partial charge in [-0.1, -0.05) is 18.2 Å². The molecule has 3 rings (SSSR count). The summed E-state index contributed by atoms with van der Waals surface area (Å²) in [4.78, 5) is 0. The third-order valence-corrected chi connectivity index (χ3v) is 4.35. The second-order valence-electron chi connectivity index (χ2n) is 4.92. The number of fused-ring (bicyclic) bond motifs is 1. The molecule has 104 valence electrons. The fraction of sp³-hybridized carbons (Fsp3) is 0.267. The molecular formula is C15H18N4S. The first kappa shape index (κ1) is 13.3. The van der Waals surface area contributed by atoms with Gasteiger partial charge in [-0.2, -0.15) is 16.4 Å². The average molecular weight is 286 g/mol. The van der Waals surface area contributed by atoms with Crippen molar-refractivity contribution in [3.05, 3.63) is 52.3 Å². The number of hydrogen-bond donors (Lipinski definition) is 2. The van der Waals surface area contributed by atoms with Gasteiger partial charge in [0.2, 0.25) is 0 Å². The number of benzene rings is 1. The van der Waals surface area contributed by atoms with Gasteiger partial charge in [-0.25, -0.2) is 0 Å². The van der Waals surface area contributed by atoms with E-state index in [1.807, 2.05) is 23.9 Å². The SMILES string of the molecule is Cn1nc(C(CCc2ccsc2)NN)c2ccccc21. The van der Waals surface area contributed by atoms with Gasteiger partial charge in [-0.15, -0.1) is 0 Å². The van der Waals surface area contributed by atoms with E-state index in [1.165, 1.54) is 10.9 Å². The molecule has 0 fully saturated rings. The molecule has 1 atom stereocenters. The molecule has 0 spiro atoms. The summed E-state index contributed by atoms with van der Waals surface area (Å²) >= 11 is 1.73. The van der Waals surface area contributed by atoms with Crippen molar-refractivity contribution in [1.29, 1.82) is 0 Å². The molecule has 0 amide bonds. The molecule has 0 saturated heterocycles. The lowest BCUT2D eigenvalue weighted by Crippen LogP contribution is -2.29. The van der Waals surface area contributed by atoms with Crippen molar-refractivity contribution in [3.63, 3.8) is 0 Å². The smallest absolute Gasteiger partial charge is 0.0886 e. The molecule has 0 aliphatic carbocycles. The van der Waals surface area contributed by atoms with Crippen LogP contribution in [-0.2, 0) is 13.5 Å². The number of nitrogens with zero attached hydrogens (tertiary/aromatic N) is 2. The lowest BCUT2D eigenvalue weighted by molar-refractivity contribution is 0.501. The number of thiophene rings is 1. The first-order valence-electron chi connectivity index (χ1n) is 6.68.